The lowest BCUT2D eigenvalue weighted by molar-refractivity contribution is -0.139. The Kier molecular flexibility index (Phi) is 4.18. The fraction of sp³-hybridized carbons (Fsp3) is 0.375. The van der Waals surface area contributed by atoms with Crippen molar-refractivity contribution in [1.82, 2.24) is 20.5 Å². The molecule has 1 aromatic heterocycles. The molecule has 0 aromatic carbocycles. The maximum absolute atomic E-state index is 11.5. The fourth-order valence-electron chi connectivity index (χ4n) is 1.15. The number of H-pyrrole nitrogens is 1. The number of amides is 2. The van der Waals surface area contributed by atoms with Crippen LogP contribution in [0.2, 0.25) is 0 Å². The van der Waals surface area contributed by atoms with Gasteiger partial charge in [0.1, 0.15) is 6.04 Å². The van der Waals surface area contributed by atoms with Gasteiger partial charge in [0, 0.05) is 6.42 Å². The Hall–Kier alpha value is -2.65. The van der Waals surface area contributed by atoms with Crippen LogP contribution in [0.3, 0.4) is 0 Å². The van der Waals surface area contributed by atoms with E-state index in [-0.39, 0.29) is 24.6 Å². The molecule has 1 atom stereocenters. The molecule has 1 heterocycles. The van der Waals surface area contributed by atoms with Crippen molar-refractivity contribution in [1.29, 1.82) is 0 Å². The molecule has 0 radical (unpaired) electrons. The fourth-order valence-corrected chi connectivity index (χ4v) is 1.15. The van der Waals surface area contributed by atoms with Gasteiger partial charge in [0.15, 0.2) is 0 Å². The van der Waals surface area contributed by atoms with Gasteiger partial charge in [-0.2, -0.15) is 4.98 Å². The van der Waals surface area contributed by atoms with Crippen molar-refractivity contribution in [3.05, 3.63) is 5.82 Å². The van der Waals surface area contributed by atoms with Gasteiger partial charge < -0.3 is 21.9 Å². The number of carboxylic acid groups (broad SMARTS) is 1. The zero-order chi connectivity index (χ0) is 13.7. The number of hydrogen-bond acceptors (Lipinski definition) is 6. The Bertz CT molecular complexity index is 470. The Morgan fingerprint density at radius 1 is 1.44 bits per heavy atom. The van der Waals surface area contributed by atoms with E-state index in [1.165, 1.54) is 0 Å². The molecule has 0 unspecified atom stereocenters. The van der Waals surface area contributed by atoms with Crippen LogP contribution in [0.1, 0.15) is 23.5 Å². The number of aromatic nitrogens is 3. The highest BCUT2D eigenvalue weighted by atomic mass is 16.4. The van der Waals surface area contributed by atoms with Crippen molar-refractivity contribution < 1.29 is 19.5 Å². The quantitative estimate of drug-likeness (QED) is 0.384. The second-order valence-corrected chi connectivity index (χ2v) is 3.41. The minimum absolute atomic E-state index is 0.111. The summed E-state index contributed by atoms with van der Waals surface area (Å²) in [5.41, 5.74) is 10.1. The van der Waals surface area contributed by atoms with Gasteiger partial charge in [-0.25, -0.2) is 4.79 Å². The molecule has 0 saturated heterocycles. The molecule has 1 aromatic rings. The molecule has 7 N–H and O–H groups in total. The number of carbonyl (C=O) groups is 3. The van der Waals surface area contributed by atoms with E-state index in [0.29, 0.717) is 0 Å². The van der Waals surface area contributed by atoms with Crippen molar-refractivity contribution >= 4 is 23.7 Å². The van der Waals surface area contributed by atoms with E-state index in [1.807, 2.05) is 0 Å². The zero-order valence-electron chi connectivity index (χ0n) is 9.21. The third kappa shape index (κ3) is 3.73. The highest BCUT2D eigenvalue weighted by Gasteiger charge is 2.22. The Balaban J connectivity index is 2.63. The first kappa shape index (κ1) is 13.4. The first-order valence-electron chi connectivity index (χ1n) is 4.90. The normalized spacial score (nSPS) is 11.8. The number of carbonyl (C=O) groups excluding carboxylic acids is 2. The number of anilines is 1. The van der Waals surface area contributed by atoms with Crippen LogP contribution in [0.25, 0.3) is 0 Å². The van der Waals surface area contributed by atoms with Crippen LogP contribution in [0.4, 0.5) is 5.95 Å². The number of aromatic amines is 1. The number of hydrogen-bond donors (Lipinski definition) is 5. The number of rotatable bonds is 6. The molecule has 0 aliphatic rings. The van der Waals surface area contributed by atoms with E-state index < -0.39 is 23.8 Å². The lowest BCUT2D eigenvalue weighted by Crippen LogP contribution is -2.41. The summed E-state index contributed by atoms with van der Waals surface area (Å²) in [7, 11) is 0. The lowest BCUT2D eigenvalue weighted by Gasteiger charge is -2.12. The number of nitrogens with zero attached hydrogens (tertiary/aromatic N) is 2. The second kappa shape index (κ2) is 5.61. The monoisotopic (exact) mass is 256 g/mol. The zero-order valence-corrected chi connectivity index (χ0v) is 9.21. The molecule has 10 heteroatoms. The van der Waals surface area contributed by atoms with E-state index >= 15 is 0 Å². The summed E-state index contributed by atoms with van der Waals surface area (Å²) in [5.74, 6) is -3.06. The Morgan fingerprint density at radius 2 is 2.11 bits per heavy atom. The molecule has 0 aliphatic heterocycles. The molecule has 0 bridgehead atoms. The molecule has 18 heavy (non-hydrogen) atoms. The maximum atomic E-state index is 11.5. The van der Waals surface area contributed by atoms with E-state index in [1.54, 1.807) is 0 Å². The first-order valence-corrected chi connectivity index (χ1v) is 4.90. The SMILES string of the molecule is NC(=O)CC[C@@H](NC(=O)c1nc(N)n[nH]1)C(=O)O. The molecule has 98 valence electrons. The summed E-state index contributed by atoms with van der Waals surface area (Å²) in [6, 6.07) is -1.24. The molecular weight excluding hydrogens is 244 g/mol. The van der Waals surface area contributed by atoms with Gasteiger partial charge in [0.25, 0.3) is 5.91 Å². The summed E-state index contributed by atoms with van der Waals surface area (Å²) >= 11 is 0. The van der Waals surface area contributed by atoms with Crippen molar-refractivity contribution in [2.75, 3.05) is 5.73 Å². The molecule has 0 aliphatic carbocycles. The average Bonchev–Trinajstić information content (AvgIpc) is 2.70. The molecule has 2 amide bonds. The van der Waals surface area contributed by atoms with Crippen LogP contribution in [-0.2, 0) is 9.59 Å². The van der Waals surface area contributed by atoms with Crippen LogP contribution in [0.15, 0.2) is 0 Å². The smallest absolute Gasteiger partial charge is 0.326 e. The van der Waals surface area contributed by atoms with Crippen LogP contribution in [0.5, 0.6) is 0 Å². The highest BCUT2D eigenvalue weighted by Crippen LogP contribution is 2.00. The molecular formula is C8H12N6O4. The number of primary amides is 1. The van der Waals surface area contributed by atoms with E-state index in [0.717, 1.165) is 0 Å². The van der Waals surface area contributed by atoms with Crippen molar-refractivity contribution in [3.8, 4) is 0 Å². The molecule has 1 rings (SSSR count). The summed E-state index contributed by atoms with van der Waals surface area (Å²) in [6.45, 7) is 0. The minimum atomic E-state index is -1.28. The number of nitrogens with two attached hydrogens (primary N) is 2. The van der Waals surface area contributed by atoms with Gasteiger partial charge in [-0.3, -0.25) is 14.7 Å². The maximum Gasteiger partial charge on any atom is 0.326 e. The van der Waals surface area contributed by atoms with Crippen LogP contribution >= 0.6 is 0 Å². The lowest BCUT2D eigenvalue weighted by atomic mass is 10.1. The van der Waals surface area contributed by atoms with Gasteiger partial charge >= 0.3 is 5.97 Å². The third-order valence-electron chi connectivity index (χ3n) is 2.00. The van der Waals surface area contributed by atoms with E-state index in [9.17, 15) is 14.4 Å². The number of aliphatic carboxylic acids is 1. The predicted octanol–water partition coefficient (Wildman–Crippen LogP) is -2.16. The number of nitrogens with one attached hydrogen (secondary N) is 2. The largest absolute Gasteiger partial charge is 0.480 e. The van der Waals surface area contributed by atoms with Crippen molar-refractivity contribution in [2.24, 2.45) is 5.73 Å². The number of carboxylic acids is 1. The van der Waals surface area contributed by atoms with Crippen molar-refractivity contribution in [3.63, 3.8) is 0 Å². The van der Waals surface area contributed by atoms with Gasteiger partial charge in [0.2, 0.25) is 17.7 Å². The van der Waals surface area contributed by atoms with Crippen molar-refractivity contribution in [2.45, 2.75) is 18.9 Å². The highest BCUT2D eigenvalue weighted by molar-refractivity contribution is 5.93. The number of nitrogen functional groups attached to an aromatic ring is 1. The molecule has 0 spiro atoms. The van der Waals surface area contributed by atoms with Gasteiger partial charge in [0.05, 0.1) is 0 Å². The minimum Gasteiger partial charge on any atom is -0.480 e. The summed E-state index contributed by atoms with van der Waals surface area (Å²) in [5, 5.41) is 16.7. The van der Waals surface area contributed by atoms with Gasteiger partial charge in [-0.05, 0) is 6.42 Å². The Morgan fingerprint density at radius 3 is 2.56 bits per heavy atom. The molecule has 10 nitrogen and oxygen atoms in total. The molecule has 0 saturated carbocycles. The third-order valence-corrected chi connectivity index (χ3v) is 2.00. The topological polar surface area (TPSA) is 177 Å². The van der Waals surface area contributed by atoms with Crippen LogP contribution in [-0.4, -0.2) is 44.1 Å². The second-order valence-electron chi connectivity index (χ2n) is 3.41. The van der Waals surface area contributed by atoms with Crippen LogP contribution in [0, 0.1) is 0 Å². The standard InChI is InChI=1S/C8H12N6O4/c9-4(15)2-1-3(7(17)18)11-6(16)5-12-8(10)14-13-5/h3H,1-2H2,(H2,9,15)(H,11,16)(H,17,18)(H3,10,12,13,14)/t3-/m1/s1. The average molecular weight is 256 g/mol. The summed E-state index contributed by atoms with van der Waals surface area (Å²) in [6.07, 6.45) is -0.268. The summed E-state index contributed by atoms with van der Waals surface area (Å²) in [4.78, 5) is 36.5. The van der Waals surface area contributed by atoms with Gasteiger partial charge in [-0.1, -0.05) is 0 Å². The van der Waals surface area contributed by atoms with E-state index in [4.69, 9.17) is 16.6 Å². The Labute approximate surface area is 101 Å². The van der Waals surface area contributed by atoms with E-state index in [2.05, 4.69) is 20.5 Å². The van der Waals surface area contributed by atoms with Gasteiger partial charge in [-0.15, -0.1) is 5.10 Å². The first-order chi connectivity index (χ1) is 8.40. The summed E-state index contributed by atoms with van der Waals surface area (Å²) < 4.78 is 0. The predicted molar refractivity (Wildman–Crippen MR) is 58.1 cm³/mol. The molecule has 0 fully saturated rings. The van der Waals surface area contributed by atoms with Crippen LogP contribution < -0.4 is 16.8 Å².